The van der Waals surface area contributed by atoms with Crippen molar-refractivity contribution in [3.05, 3.63) is 68.3 Å². The lowest BCUT2D eigenvalue weighted by molar-refractivity contribution is -0.789. The Bertz CT molecular complexity index is 1280. The number of hydrogen-bond donors (Lipinski definition) is 1. The van der Waals surface area contributed by atoms with Crippen molar-refractivity contribution >= 4 is 52.4 Å². The summed E-state index contributed by atoms with van der Waals surface area (Å²) < 4.78 is 18.0. The summed E-state index contributed by atoms with van der Waals surface area (Å²) in [6.07, 6.45) is -2.45. The predicted octanol–water partition coefficient (Wildman–Crippen LogP) is 1.38. The summed E-state index contributed by atoms with van der Waals surface area (Å²) in [7, 11) is 0. The number of morpholine rings is 1. The number of nitrogen functional groups attached to an aromatic ring is 1. The first-order valence-electron chi connectivity index (χ1n) is 11.1. The van der Waals surface area contributed by atoms with E-state index < -0.39 is 46.6 Å². The summed E-state index contributed by atoms with van der Waals surface area (Å²) in [6.45, 7) is 1.47. The van der Waals surface area contributed by atoms with Gasteiger partial charge in [0.05, 0.1) is 19.6 Å². The molecule has 0 aromatic heterocycles. The average molecular weight is 602 g/mol. The van der Waals surface area contributed by atoms with Gasteiger partial charge in [0.25, 0.3) is 10.2 Å². The number of benzene rings is 2. The van der Waals surface area contributed by atoms with Gasteiger partial charge in [0.1, 0.15) is 29.8 Å². The Morgan fingerprint density at radius 3 is 2.38 bits per heavy atom. The first-order chi connectivity index (χ1) is 18.5. The number of ether oxygens (including phenoxy) is 3. The van der Waals surface area contributed by atoms with Gasteiger partial charge >= 0.3 is 11.9 Å². The van der Waals surface area contributed by atoms with Crippen LogP contribution in [0.2, 0.25) is 0 Å². The molecule has 0 spiro atoms. The van der Waals surface area contributed by atoms with Crippen molar-refractivity contribution in [1.29, 1.82) is 0 Å². The zero-order chi connectivity index (χ0) is 28.6. The monoisotopic (exact) mass is 601 g/mol. The maximum atomic E-state index is 12.9. The van der Waals surface area contributed by atoms with E-state index in [0.717, 1.165) is 5.30 Å². The molecule has 2 N–H and O–H groups in total. The highest BCUT2D eigenvalue weighted by atomic mass is 32.9. The van der Waals surface area contributed by atoms with Crippen LogP contribution in [0.1, 0.15) is 16.8 Å². The number of carbonyl (C=O) groups excluding carboxylic acids is 2. The van der Waals surface area contributed by atoms with E-state index in [2.05, 4.69) is 9.68 Å². The van der Waals surface area contributed by atoms with E-state index in [1.54, 1.807) is 24.3 Å². The van der Waals surface area contributed by atoms with Crippen LogP contribution in [-0.2, 0) is 43.3 Å². The molecule has 1 fully saturated rings. The van der Waals surface area contributed by atoms with Gasteiger partial charge in [-0.3, -0.25) is 9.46 Å². The molecule has 0 radical (unpaired) electrons. The zero-order valence-electron chi connectivity index (χ0n) is 20.0. The molecule has 1 saturated heterocycles. The van der Waals surface area contributed by atoms with Crippen LogP contribution in [0.4, 0.5) is 5.69 Å². The number of rotatable bonds is 12. The number of nitrogens with two attached hydrogens (primary N) is 1. The minimum absolute atomic E-state index is 0.132. The second-order valence-corrected chi connectivity index (χ2v) is 13.9. The van der Waals surface area contributed by atoms with E-state index >= 15 is 0 Å². The summed E-state index contributed by atoms with van der Waals surface area (Å²) in [4.78, 5) is 54.5. The van der Waals surface area contributed by atoms with Crippen molar-refractivity contribution in [3.8, 4) is 11.5 Å². The fraction of sp³-hybridized carbons (Fsp3) is 0.333. The molecular weight excluding hydrogens is 579 g/mol. The highest BCUT2D eigenvalue weighted by Gasteiger charge is 2.24. The summed E-state index contributed by atoms with van der Waals surface area (Å²) in [5.74, 6) is -2.14. The molecule has 3 rings (SSSR count). The van der Waals surface area contributed by atoms with Crippen molar-refractivity contribution in [2.24, 2.45) is 0 Å². The fourth-order valence-electron chi connectivity index (χ4n) is 3.38. The van der Waals surface area contributed by atoms with Crippen LogP contribution in [0.5, 0.6) is 11.5 Å². The molecule has 0 aliphatic carbocycles. The Labute approximate surface area is 231 Å². The third-order valence-electron chi connectivity index (χ3n) is 5.18. The van der Waals surface area contributed by atoms with Gasteiger partial charge in [-0.1, -0.05) is 17.5 Å². The second-order valence-electron chi connectivity index (χ2n) is 7.87. The quantitative estimate of drug-likeness (QED) is 0.0696. The number of nitrogens with zero attached hydrogens (tertiary/aromatic N) is 3. The molecule has 18 heteroatoms. The molecule has 1 heterocycles. The summed E-state index contributed by atoms with van der Waals surface area (Å²) in [6, 6.07) is 10.3. The van der Waals surface area contributed by atoms with E-state index in [4.69, 9.17) is 44.0 Å². The molecule has 0 bridgehead atoms. The maximum Gasteiger partial charge on any atom is 0.347 e. The molecule has 2 aromatic carbocycles. The van der Waals surface area contributed by atoms with Gasteiger partial charge in [-0.2, -0.15) is 0 Å². The number of carbonyl (C=O) groups is 2. The first-order valence-corrected chi connectivity index (χ1v) is 14.9. The van der Waals surface area contributed by atoms with Crippen LogP contribution >= 0.6 is 5.39 Å². The Morgan fingerprint density at radius 1 is 1.10 bits per heavy atom. The van der Waals surface area contributed by atoms with Crippen molar-refractivity contribution in [1.82, 2.24) is 4.67 Å². The van der Waals surface area contributed by atoms with Crippen LogP contribution < -0.4 is 20.5 Å². The predicted molar refractivity (Wildman–Crippen MR) is 141 cm³/mol. The Hall–Kier alpha value is -3.50. The molecule has 1 aliphatic heterocycles. The summed E-state index contributed by atoms with van der Waals surface area (Å²) in [5, 5.41) is 16.9. The van der Waals surface area contributed by atoms with Crippen LogP contribution in [0.3, 0.4) is 0 Å². The first kappa shape index (κ1) is 30.0. The fourth-order valence-corrected chi connectivity index (χ4v) is 6.63. The lowest BCUT2D eigenvalue weighted by Gasteiger charge is -2.43. The summed E-state index contributed by atoms with van der Waals surface area (Å²) >= 11 is 11.5. The van der Waals surface area contributed by atoms with Crippen molar-refractivity contribution in [2.45, 2.75) is 12.5 Å². The zero-order valence-corrected chi connectivity index (χ0v) is 22.6. The second kappa shape index (κ2) is 13.5. The lowest BCUT2D eigenvalue weighted by atomic mass is 10.2. The highest BCUT2D eigenvalue weighted by Crippen LogP contribution is 2.46. The molecule has 0 amide bonds. The standard InChI is InChI=1S/C21H23N4O11PS2/c22-14-1-6-18(19(11-14)35-20(26)12-16(36-25(30)31)13-33-24(28)29)21(27)34-15-2-4-17(5-3-15)37(38,39)23-7-9-32-10-8-23/h1-6,11,16H,7-10,12-13,22H2,(H,38,39)/p-1. The molecule has 210 valence electrons. The van der Waals surface area contributed by atoms with E-state index in [1.807, 2.05) is 4.67 Å². The number of hydrogen-bond acceptors (Lipinski definition) is 14. The molecule has 15 nitrogen and oxygen atoms in total. The number of anilines is 1. The molecule has 2 aromatic rings. The Morgan fingerprint density at radius 2 is 1.77 bits per heavy atom. The van der Waals surface area contributed by atoms with Crippen molar-refractivity contribution in [2.75, 3.05) is 38.6 Å². The maximum absolute atomic E-state index is 12.9. The van der Waals surface area contributed by atoms with Crippen molar-refractivity contribution in [3.63, 3.8) is 0 Å². The smallest absolute Gasteiger partial charge is 0.347 e. The van der Waals surface area contributed by atoms with Crippen LogP contribution in [0.25, 0.3) is 0 Å². The Kier molecular flexibility index (Phi) is 10.4. The molecule has 0 saturated carbocycles. The lowest BCUT2D eigenvalue weighted by Crippen LogP contribution is -2.35. The van der Waals surface area contributed by atoms with Gasteiger partial charge in [-0.05, 0) is 29.6 Å². The molecular formula is C21H22N4O11PS2-. The van der Waals surface area contributed by atoms with E-state index in [-0.39, 0.29) is 22.7 Å². The van der Waals surface area contributed by atoms with Gasteiger partial charge in [0.15, 0.2) is 0 Å². The molecule has 39 heavy (non-hydrogen) atoms. The van der Waals surface area contributed by atoms with Crippen molar-refractivity contribution < 1.29 is 43.6 Å². The van der Waals surface area contributed by atoms with Gasteiger partial charge in [0, 0.05) is 24.8 Å². The van der Waals surface area contributed by atoms with Gasteiger partial charge in [-0.15, -0.1) is 32.0 Å². The normalized spacial score (nSPS) is 15.8. The van der Waals surface area contributed by atoms with Gasteiger partial charge < -0.3 is 41.9 Å². The van der Waals surface area contributed by atoms with E-state index in [0.29, 0.717) is 26.3 Å². The van der Waals surface area contributed by atoms with Crippen LogP contribution in [0.15, 0.2) is 42.5 Å². The van der Waals surface area contributed by atoms with Gasteiger partial charge in [-0.25, -0.2) is 4.79 Å². The van der Waals surface area contributed by atoms with Crippen LogP contribution in [-0.4, -0.2) is 65.8 Å². The minimum atomic E-state index is -2.43. The summed E-state index contributed by atoms with van der Waals surface area (Å²) in [5.41, 5.74) is 5.69. The SMILES string of the molecule is Nc1ccc(C(=O)Oc2ccc(P(=S)([S-])N3CCOCC3)cc2)c(OC(=O)CC(CO[N+](=O)[O-])O[N+](=O)[O-])c1. The minimum Gasteiger partial charge on any atom is -0.727 e. The molecule has 2 unspecified atom stereocenters. The Balaban J connectivity index is 1.70. The highest BCUT2D eigenvalue weighted by molar-refractivity contribution is 8.56. The molecule has 1 aliphatic rings. The van der Waals surface area contributed by atoms with E-state index in [9.17, 15) is 29.8 Å². The third-order valence-corrected chi connectivity index (χ3v) is 9.92. The van der Waals surface area contributed by atoms with E-state index in [1.165, 1.54) is 18.2 Å². The number of esters is 2. The average Bonchev–Trinajstić information content (AvgIpc) is 2.87. The van der Waals surface area contributed by atoms with Gasteiger partial charge in [0.2, 0.25) is 0 Å². The largest absolute Gasteiger partial charge is 0.727 e. The van der Waals surface area contributed by atoms with Crippen LogP contribution in [0, 0.1) is 20.2 Å². The third kappa shape index (κ3) is 8.76. The molecule has 2 atom stereocenters. The topological polar surface area (TPSA) is 196 Å².